The van der Waals surface area contributed by atoms with E-state index in [-0.39, 0.29) is 12.0 Å². The van der Waals surface area contributed by atoms with Crippen LogP contribution in [0.1, 0.15) is 12.5 Å². The summed E-state index contributed by atoms with van der Waals surface area (Å²) in [7, 11) is 0. The van der Waals surface area contributed by atoms with Crippen molar-refractivity contribution in [3.8, 4) is 5.75 Å². The summed E-state index contributed by atoms with van der Waals surface area (Å²) in [5.41, 5.74) is -0.0589. The Balaban J connectivity index is 3.06. The predicted octanol–water partition coefficient (Wildman–Crippen LogP) is 1.59. The Kier molecular flexibility index (Phi) is 2.83. The molecule has 1 rings (SSSR count). The topological polar surface area (TPSA) is 40.5 Å². The Labute approximate surface area is 74.4 Å². The average molecular weight is 188 g/mol. The Morgan fingerprint density at radius 3 is 2.46 bits per heavy atom. The van der Waals surface area contributed by atoms with E-state index >= 15 is 0 Å². The number of halogens is 2. The van der Waals surface area contributed by atoms with Crippen molar-refractivity contribution in [3.05, 3.63) is 29.3 Å². The van der Waals surface area contributed by atoms with E-state index in [9.17, 15) is 8.78 Å². The molecule has 1 aromatic carbocycles. The third-order valence-corrected chi connectivity index (χ3v) is 1.64. The molecule has 72 valence electrons. The molecule has 0 fully saturated rings. The highest BCUT2D eigenvalue weighted by Crippen LogP contribution is 2.23. The summed E-state index contributed by atoms with van der Waals surface area (Å²) in [5.74, 6) is -2.12. The second-order valence-electron chi connectivity index (χ2n) is 2.94. The standard InChI is InChI=1S/C9H10F2O2/c1-5(12)2-7-8(11)3-6(10)4-9(7)13/h3-5,12-13H,2H2,1H3. The number of aromatic hydroxyl groups is 1. The number of phenolic OH excluding ortho intramolecular Hbond substituents is 1. The zero-order valence-corrected chi connectivity index (χ0v) is 7.09. The highest BCUT2D eigenvalue weighted by atomic mass is 19.1. The molecule has 13 heavy (non-hydrogen) atoms. The van der Waals surface area contributed by atoms with Gasteiger partial charge in [0.2, 0.25) is 0 Å². The highest BCUT2D eigenvalue weighted by molar-refractivity contribution is 5.34. The van der Waals surface area contributed by atoms with Crippen molar-refractivity contribution in [2.75, 3.05) is 0 Å². The molecule has 0 saturated carbocycles. The van der Waals surface area contributed by atoms with Gasteiger partial charge < -0.3 is 10.2 Å². The molecule has 0 aliphatic rings. The maximum absolute atomic E-state index is 13.0. The van der Waals surface area contributed by atoms with E-state index in [1.807, 2.05) is 0 Å². The van der Waals surface area contributed by atoms with Gasteiger partial charge in [-0.3, -0.25) is 0 Å². The van der Waals surface area contributed by atoms with E-state index in [0.29, 0.717) is 6.07 Å². The molecule has 0 bridgehead atoms. The lowest BCUT2D eigenvalue weighted by atomic mass is 10.1. The van der Waals surface area contributed by atoms with Crippen molar-refractivity contribution in [1.29, 1.82) is 0 Å². The molecule has 0 radical (unpaired) electrons. The summed E-state index contributed by atoms with van der Waals surface area (Å²) in [6.07, 6.45) is -0.802. The number of aliphatic hydroxyl groups is 1. The van der Waals surface area contributed by atoms with E-state index < -0.39 is 23.5 Å². The Hall–Kier alpha value is -1.16. The summed E-state index contributed by atoms with van der Waals surface area (Å²) in [5, 5.41) is 18.1. The number of hydrogen-bond donors (Lipinski definition) is 2. The molecule has 0 aromatic heterocycles. The summed E-state index contributed by atoms with van der Waals surface area (Å²) in [6, 6.07) is 1.50. The van der Waals surface area contributed by atoms with Crippen LogP contribution in [0.5, 0.6) is 5.75 Å². The summed E-state index contributed by atoms with van der Waals surface area (Å²) >= 11 is 0. The van der Waals surface area contributed by atoms with E-state index in [1.165, 1.54) is 6.92 Å². The molecule has 1 atom stereocenters. The molecule has 0 saturated heterocycles. The van der Waals surface area contributed by atoms with Crippen LogP contribution in [0.3, 0.4) is 0 Å². The summed E-state index contributed by atoms with van der Waals surface area (Å²) in [4.78, 5) is 0. The van der Waals surface area contributed by atoms with Crippen molar-refractivity contribution >= 4 is 0 Å². The fourth-order valence-electron chi connectivity index (χ4n) is 1.09. The molecule has 0 aliphatic heterocycles. The first-order valence-electron chi connectivity index (χ1n) is 3.85. The molecular formula is C9H10F2O2. The van der Waals surface area contributed by atoms with Crippen molar-refractivity contribution in [2.45, 2.75) is 19.4 Å². The van der Waals surface area contributed by atoms with Gasteiger partial charge in [-0.05, 0) is 6.92 Å². The second-order valence-corrected chi connectivity index (χ2v) is 2.94. The lowest BCUT2D eigenvalue weighted by molar-refractivity contribution is 0.192. The van der Waals surface area contributed by atoms with Crippen LogP contribution in [0.25, 0.3) is 0 Å². The first kappa shape index (κ1) is 9.92. The number of phenols is 1. The first-order valence-corrected chi connectivity index (χ1v) is 3.85. The number of rotatable bonds is 2. The smallest absolute Gasteiger partial charge is 0.133 e. The largest absolute Gasteiger partial charge is 0.507 e. The maximum Gasteiger partial charge on any atom is 0.133 e. The first-order chi connectivity index (χ1) is 6.00. The third-order valence-electron chi connectivity index (χ3n) is 1.64. The lowest BCUT2D eigenvalue weighted by Gasteiger charge is -2.07. The Morgan fingerprint density at radius 1 is 1.38 bits per heavy atom. The van der Waals surface area contributed by atoms with Gasteiger partial charge in [0.05, 0.1) is 6.10 Å². The predicted molar refractivity (Wildman–Crippen MR) is 43.4 cm³/mol. The molecule has 1 aromatic rings. The fourth-order valence-corrected chi connectivity index (χ4v) is 1.09. The van der Waals surface area contributed by atoms with Gasteiger partial charge in [0, 0.05) is 24.1 Å². The van der Waals surface area contributed by atoms with E-state index in [2.05, 4.69) is 0 Å². The Morgan fingerprint density at radius 2 is 2.00 bits per heavy atom. The third kappa shape index (κ3) is 2.39. The zero-order chi connectivity index (χ0) is 10.0. The number of hydrogen-bond acceptors (Lipinski definition) is 2. The second kappa shape index (κ2) is 3.70. The van der Waals surface area contributed by atoms with Crippen molar-refractivity contribution in [1.82, 2.24) is 0 Å². The van der Waals surface area contributed by atoms with Crippen LogP contribution in [-0.4, -0.2) is 16.3 Å². The molecule has 0 spiro atoms. The van der Waals surface area contributed by atoms with E-state index in [1.54, 1.807) is 0 Å². The van der Waals surface area contributed by atoms with Gasteiger partial charge in [-0.15, -0.1) is 0 Å². The fraction of sp³-hybridized carbons (Fsp3) is 0.333. The van der Waals surface area contributed by atoms with E-state index in [0.717, 1.165) is 6.07 Å². The minimum atomic E-state index is -0.835. The van der Waals surface area contributed by atoms with Crippen LogP contribution in [0, 0.1) is 11.6 Å². The monoisotopic (exact) mass is 188 g/mol. The molecule has 0 aliphatic carbocycles. The van der Waals surface area contributed by atoms with Crippen LogP contribution >= 0.6 is 0 Å². The number of benzene rings is 1. The van der Waals surface area contributed by atoms with Crippen molar-refractivity contribution in [2.24, 2.45) is 0 Å². The summed E-state index contributed by atoms with van der Waals surface area (Å²) < 4.78 is 25.4. The molecular weight excluding hydrogens is 178 g/mol. The van der Waals surface area contributed by atoms with Gasteiger partial charge in [0.1, 0.15) is 17.4 Å². The van der Waals surface area contributed by atoms with Crippen LogP contribution < -0.4 is 0 Å². The Bertz CT molecular complexity index is 287. The lowest BCUT2D eigenvalue weighted by Crippen LogP contribution is -2.06. The van der Waals surface area contributed by atoms with Crippen molar-refractivity contribution in [3.63, 3.8) is 0 Å². The van der Waals surface area contributed by atoms with Gasteiger partial charge in [-0.1, -0.05) is 0 Å². The molecule has 4 heteroatoms. The minimum absolute atomic E-state index is 0.0298. The molecule has 0 amide bonds. The molecule has 2 N–H and O–H groups in total. The van der Waals surface area contributed by atoms with Crippen molar-refractivity contribution < 1.29 is 19.0 Å². The maximum atomic E-state index is 13.0. The highest BCUT2D eigenvalue weighted by Gasteiger charge is 2.12. The summed E-state index contributed by atoms with van der Waals surface area (Å²) in [6.45, 7) is 1.46. The molecule has 0 heterocycles. The van der Waals surface area contributed by atoms with Crippen LogP contribution in [-0.2, 0) is 6.42 Å². The van der Waals surface area contributed by atoms with Crippen LogP contribution in [0.2, 0.25) is 0 Å². The van der Waals surface area contributed by atoms with Crippen LogP contribution in [0.15, 0.2) is 12.1 Å². The van der Waals surface area contributed by atoms with Crippen LogP contribution in [0.4, 0.5) is 8.78 Å². The SMILES string of the molecule is CC(O)Cc1c(O)cc(F)cc1F. The van der Waals surface area contributed by atoms with Gasteiger partial charge in [0.15, 0.2) is 0 Å². The normalized spacial score (nSPS) is 12.9. The van der Waals surface area contributed by atoms with Gasteiger partial charge in [-0.25, -0.2) is 8.78 Å². The number of aliphatic hydroxyl groups excluding tert-OH is 1. The van der Waals surface area contributed by atoms with E-state index in [4.69, 9.17) is 10.2 Å². The minimum Gasteiger partial charge on any atom is -0.507 e. The quantitative estimate of drug-likeness (QED) is 0.739. The average Bonchev–Trinajstić information content (AvgIpc) is 1.96. The van der Waals surface area contributed by atoms with Gasteiger partial charge in [-0.2, -0.15) is 0 Å². The molecule has 2 nitrogen and oxygen atoms in total. The van der Waals surface area contributed by atoms with Gasteiger partial charge >= 0.3 is 0 Å². The zero-order valence-electron chi connectivity index (χ0n) is 7.09. The van der Waals surface area contributed by atoms with Gasteiger partial charge in [0.25, 0.3) is 0 Å². The molecule has 1 unspecified atom stereocenters.